The zero-order chi connectivity index (χ0) is 18.2. The van der Waals surface area contributed by atoms with E-state index in [-0.39, 0.29) is 12.4 Å². The third-order valence-electron chi connectivity index (χ3n) is 4.70. The molecule has 1 N–H and O–H groups in total. The highest BCUT2D eigenvalue weighted by Crippen LogP contribution is 2.11. The maximum absolute atomic E-state index is 9.95. The summed E-state index contributed by atoms with van der Waals surface area (Å²) in [7, 11) is 1.98. The van der Waals surface area contributed by atoms with Crippen LogP contribution in [0.4, 0.5) is 0 Å². The van der Waals surface area contributed by atoms with Crippen molar-refractivity contribution in [2.45, 2.75) is 96.6 Å². The monoisotopic (exact) mass is 388 g/mol. The molecule has 0 bridgehead atoms. The molecule has 0 aliphatic heterocycles. The molecule has 0 aliphatic carbocycles. The molecule has 0 amide bonds. The van der Waals surface area contributed by atoms with Crippen molar-refractivity contribution in [2.24, 2.45) is 7.05 Å². The zero-order valence-electron chi connectivity index (χ0n) is 17.0. The number of hydrogen-bond acceptors (Lipinski definition) is 2. The van der Waals surface area contributed by atoms with E-state index in [0.29, 0.717) is 13.2 Å². The van der Waals surface area contributed by atoms with Gasteiger partial charge in [-0.2, -0.15) is 0 Å². The lowest BCUT2D eigenvalue weighted by molar-refractivity contribution is -0.671. The molecule has 0 aliphatic rings. The van der Waals surface area contributed by atoms with E-state index >= 15 is 0 Å². The van der Waals surface area contributed by atoms with Gasteiger partial charge in [-0.15, -0.1) is 0 Å². The van der Waals surface area contributed by atoms with Crippen LogP contribution in [0.15, 0.2) is 18.7 Å². The quantitative estimate of drug-likeness (QED) is 0.323. The Balaban J connectivity index is 0.00000625. The van der Waals surface area contributed by atoms with E-state index in [4.69, 9.17) is 4.74 Å². The minimum atomic E-state index is -0.426. The Morgan fingerprint density at radius 1 is 0.923 bits per heavy atom. The van der Waals surface area contributed by atoms with E-state index in [2.05, 4.69) is 6.92 Å². The van der Waals surface area contributed by atoms with Gasteiger partial charge in [0.05, 0.1) is 13.7 Å². The Hall–Kier alpha value is -0.580. The Morgan fingerprint density at radius 2 is 1.46 bits per heavy atom. The van der Waals surface area contributed by atoms with Crippen molar-refractivity contribution < 1.29 is 26.8 Å². The minimum absolute atomic E-state index is 0. The molecule has 1 aromatic heterocycles. The summed E-state index contributed by atoms with van der Waals surface area (Å²) >= 11 is 0. The van der Waals surface area contributed by atoms with E-state index in [9.17, 15) is 5.11 Å². The molecule has 1 rings (SSSR count). The second-order valence-corrected chi connectivity index (χ2v) is 7.39. The van der Waals surface area contributed by atoms with Gasteiger partial charge in [0.1, 0.15) is 25.0 Å². The summed E-state index contributed by atoms with van der Waals surface area (Å²) < 4.78 is 9.55. The topological polar surface area (TPSA) is 38.3 Å². The standard InChI is InChI=1S/C21H41N2O2.ClH/c1-3-4-5-6-7-8-9-10-11-12-13-14-17-25-19-21(24)18-23-16-15-22(2)20-23;/h15-16,20-21,24H,3-14,17-19H2,1-2H3;1H/q+1;/p-1. The van der Waals surface area contributed by atoms with Crippen molar-refractivity contribution in [1.29, 1.82) is 0 Å². The first kappa shape index (κ1) is 25.4. The summed E-state index contributed by atoms with van der Waals surface area (Å²) in [6.07, 6.45) is 21.8. The number of nitrogens with zero attached hydrogens (tertiary/aromatic N) is 2. The van der Waals surface area contributed by atoms with Gasteiger partial charge in [-0.05, 0) is 6.42 Å². The molecule has 0 aromatic carbocycles. The van der Waals surface area contributed by atoms with Gasteiger partial charge in [0.2, 0.25) is 6.33 Å². The van der Waals surface area contributed by atoms with Gasteiger partial charge in [0, 0.05) is 6.61 Å². The first-order valence-corrected chi connectivity index (χ1v) is 10.5. The smallest absolute Gasteiger partial charge is 0.243 e. The van der Waals surface area contributed by atoms with Crippen LogP contribution in [-0.2, 0) is 18.3 Å². The Bertz CT molecular complexity index is 412. The first-order valence-electron chi connectivity index (χ1n) is 10.5. The molecule has 1 atom stereocenters. The van der Waals surface area contributed by atoms with E-state index in [1.54, 1.807) is 0 Å². The van der Waals surface area contributed by atoms with Gasteiger partial charge in [-0.3, -0.25) is 0 Å². The number of imidazole rings is 1. The van der Waals surface area contributed by atoms with Crippen LogP contribution in [0.3, 0.4) is 0 Å². The number of unbranched alkanes of at least 4 members (excludes halogenated alkanes) is 11. The highest BCUT2D eigenvalue weighted by molar-refractivity contribution is 4.68. The van der Waals surface area contributed by atoms with Crippen LogP contribution < -0.4 is 17.0 Å². The molecule has 0 saturated carbocycles. The van der Waals surface area contributed by atoms with Gasteiger partial charge in [0.25, 0.3) is 0 Å². The van der Waals surface area contributed by atoms with Gasteiger partial charge in [-0.25, -0.2) is 9.13 Å². The normalized spacial score (nSPS) is 12.1. The number of halogens is 1. The van der Waals surface area contributed by atoms with E-state index < -0.39 is 6.10 Å². The second-order valence-electron chi connectivity index (χ2n) is 7.39. The number of aryl methyl sites for hydroxylation is 1. The lowest BCUT2D eigenvalue weighted by atomic mass is 10.1. The molecular weight excluding hydrogens is 348 g/mol. The maximum atomic E-state index is 9.95. The van der Waals surface area contributed by atoms with Crippen molar-refractivity contribution in [3.8, 4) is 0 Å². The summed E-state index contributed by atoms with van der Waals surface area (Å²) in [5.41, 5.74) is 0. The average molecular weight is 389 g/mol. The van der Waals surface area contributed by atoms with Crippen LogP contribution in [0.1, 0.15) is 84.0 Å². The molecule has 0 saturated heterocycles. The molecule has 1 heterocycles. The van der Waals surface area contributed by atoms with Crippen molar-refractivity contribution in [3.05, 3.63) is 18.7 Å². The van der Waals surface area contributed by atoms with Crippen LogP contribution in [-0.4, -0.2) is 29.0 Å². The van der Waals surface area contributed by atoms with E-state index in [1.807, 2.05) is 34.9 Å². The van der Waals surface area contributed by atoms with E-state index in [0.717, 1.165) is 13.0 Å². The molecule has 154 valence electrons. The molecule has 1 unspecified atom stereocenters. The molecule has 0 radical (unpaired) electrons. The maximum Gasteiger partial charge on any atom is 0.243 e. The Labute approximate surface area is 167 Å². The fourth-order valence-electron chi connectivity index (χ4n) is 3.17. The van der Waals surface area contributed by atoms with Crippen LogP contribution in [0.5, 0.6) is 0 Å². The number of aromatic nitrogens is 2. The molecule has 26 heavy (non-hydrogen) atoms. The predicted molar refractivity (Wildman–Crippen MR) is 104 cm³/mol. The van der Waals surface area contributed by atoms with Crippen molar-refractivity contribution >= 4 is 0 Å². The fourth-order valence-corrected chi connectivity index (χ4v) is 3.17. The number of hydrogen-bond donors (Lipinski definition) is 1. The minimum Gasteiger partial charge on any atom is -1.00 e. The lowest BCUT2D eigenvalue weighted by Gasteiger charge is -2.09. The third-order valence-corrected chi connectivity index (χ3v) is 4.70. The molecule has 0 spiro atoms. The first-order chi connectivity index (χ1) is 12.2. The number of aliphatic hydroxyl groups excluding tert-OH is 1. The van der Waals surface area contributed by atoms with Crippen LogP contribution in [0.25, 0.3) is 0 Å². The zero-order valence-corrected chi connectivity index (χ0v) is 17.8. The Kier molecular flexibility index (Phi) is 17.4. The lowest BCUT2D eigenvalue weighted by Crippen LogP contribution is -3.00. The summed E-state index contributed by atoms with van der Waals surface area (Å²) in [6, 6.07) is 0. The van der Waals surface area contributed by atoms with Gasteiger partial charge < -0.3 is 22.3 Å². The molecule has 0 fully saturated rings. The third kappa shape index (κ3) is 14.6. The Morgan fingerprint density at radius 3 is 1.96 bits per heavy atom. The number of ether oxygens (including phenoxy) is 1. The second kappa shape index (κ2) is 17.8. The summed E-state index contributed by atoms with van der Waals surface area (Å²) in [4.78, 5) is 0. The van der Waals surface area contributed by atoms with E-state index in [1.165, 1.54) is 70.6 Å². The van der Waals surface area contributed by atoms with Crippen molar-refractivity contribution in [1.82, 2.24) is 4.57 Å². The molecule has 1 aromatic rings. The van der Waals surface area contributed by atoms with Crippen LogP contribution >= 0.6 is 0 Å². The highest BCUT2D eigenvalue weighted by atomic mass is 35.5. The predicted octanol–water partition coefficient (Wildman–Crippen LogP) is 1.40. The van der Waals surface area contributed by atoms with Gasteiger partial charge in [0.15, 0.2) is 0 Å². The summed E-state index contributed by atoms with van der Waals surface area (Å²) in [5.74, 6) is 0. The highest BCUT2D eigenvalue weighted by Gasteiger charge is 2.09. The van der Waals surface area contributed by atoms with Crippen LogP contribution in [0, 0.1) is 0 Å². The summed E-state index contributed by atoms with van der Waals surface area (Å²) in [5, 5.41) is 9.95. The summed E-state index contributed by atoms with van der Waals surface area (Å²) in [6.45, 7) is 4.07. The number of aliphatic hydroxyl groups is 1. The SMILES string of the molecule is CCCCCCCCCCCCCCOCC(O)Cn1cc[n+](C)c1.[Cl-]. The number of rotatable bonds is 17. The average Bonchev–Trinajstić information content (AvgIpc) is 3.00. The van der Waals surface area contributed by atoms with Crippen molar-refractivity contribution in [3.63, 3.8) is 0 Å². The fraction of sp³-hybridized carbons (Fsp3) is 0.857. The largest absolute Gasteiger partial charge is 1.00 e. The van der Waals surface area contributed by atoms with Crippen molar-refractivity contribution in [2.75, 3.05) is 13.2 Å². The van der Waals surface area contributed by atoms with Crippen LogP contribution in [0.2, 0.25) is 0 Å². The molecule has 5 heteroatoms. The molecular formula is C21H41ClN2O2. The molecule has 4 nitrogen and oxygen atoms in total. The van der Waals surface area contributed by atoms with Gasteiger partial charge in [-0.1, -0.05) is 77.6 Å². The van der Waals surface area contributed by atoms with Gasteiger partial charge >= 0.3 is 0 Å².